The molecular weight excluding hydrogens is 410 g/mol. The van der Waals surface area contributed by atoms with E-state index in [4.69, 9.17) is 4.74 Å². The van der Waals surface area contributed by atoms with Crippen LogP contribution >= 0.6 is 0 Å². The first-order valence-electron chi connectivity index (χ1n) is 11.2. The molecule has 0 heterocycles. The van der Waals surface area contributed by atoms with Crippen molar-refractivity contribution in [2.75, 3.05) is 13.1 Å². The maximum absolute atomic E-state index is 13.2. The molecule has 0 aliphatic rings. The van der Waals surface area contributed by atoms with E-state index in [9.17, 15) is 19.5 Å². The smallest absolute Gasteiger partial charge is 0.408 e. The van der Waals surface area contributed by atoms with Gasteiger partial charge in [0, 0.05) is 18.2 Å². The van der Waals surface area contributed by atoms with Gasteiger partial charge in [-0.25, -0.2) is 4.79 Å². The molecule has 1 atom stereocenters. The number of phenols is 1. The van der Waals surface area contributed by atoms with E-state index in [0.29, 0.717) is 24.1 Å². The van der Waals surface area contributed by atoms with Crippen molar-refractivity contribution in [1.82, 2.24) is 15.5 Å². The Bertz CT molecular complexity index is 786. The topological polar surface area (TPSA) is 108 Å². The van der Waals surface area contributed by atoms with E-state index in [0.717, 1.165) is 12.8 Å². The number of aryl methyl sites for hydroxylation is 1. The third-order valence-corrected chi connectivity index (χ3v) is 4.66. The number of para-hydroxylation sites is 1. The van der Waals surface area contributed by atoms with Gasteiger partial charge in [0.15, 0.2) is 0 Å². The average molecular weight is 450 g/mol. The van der Waals surface area contributed by atoms with Crippen molar-refractivity contribution in [3.63, 3.8) is 0 Å². The average Bonchev–Trinajstić information content (AvgIpc) is 2.66. The lowest BCUT2D eigenvalue weighted by atomic mass is 9.99. The fraction of sp³-hybridized carbons (Fsp3) is 0.625. The Balaban J connectivity index is 3.26. The van der Waals surface area contributed by atoms with E-state index in [1.165, 1.54) is 4.90 Å². The van der Waals surface area contributed by atoms with Gasteiger partial charge in [-0.3, -0.25) is 9.59 Å². The first kappa shape index (κ1) is 27.3. The van der Waals surface area contributed by atoms with Gasteiger partial charge in [-0.1, -0.05) is 38.0 Å². The van der Waals surface area contributed by atoms with Gasteiger partial charge in [-0.2, -0.15) is 0 Å². The number of nitrogens with zero attached hydrogens (tertiary/aromatic N) is 1. The number of nitrogens with one attached hydrogen (secondary N) is 2. The summed E-state index contributed by atoms with van der Waals surface area (Å²) < 4.78 is 5.21. The van der Waals surface area contributed by atoms with Crippen LogP contribution in [0.2, 0.25) is 0 Å². The quantitative estimate of drug-likeness (QED) is 0.471. The van der Waals surface area contributed by atoms with E-state index in [2.05, 4.69) is 10.6 Å². The van der Waals surface area contributed by atoms with Crippen molar-refractivity contribution in [2.45, 2.75) is 85.4 Å². The second-order valence-corrected chi connectivity index (χ2v) is 9.23. The SMILES string of the molecule is CCCCCN(C(=O)CNC(=O)OC(C)(C)C)C(C(=O)NC(C)C)c1cccc(C)c1O. The van der Waals surface area contributed by atoms with Gasteiger partial charge in [0.1, 0.15) is 23.9 Å². The minimum Gasteiger partial charge on any atom is -0.507 e. The summed E-state index contributed by atoms with van der Waals surface area (Å²) in [5.41, 5.74) is 0.268. The monoisotopic (exact) mass is 449 g/mol. The molecule has 0 saturated carbocycles. The van der Waals surface area contributed by atoms with Gasteiger partial charge in [0.25, 0.3) is 0 Å². The van der Waals surface area contributed by atoms with Crippen molar-refractivity contribution in [3.8, 4) is 5.75 Å². The molecule has 0 bridgehead atoms. The van der Waals surface area contributed by atoms with Crippen molar-refractivity contribution < 1.29 is 24.2 Å². The number of alkyl carbamates (subject to hydrolysis) is 1. The summed E-state index contributed by atoms with van der Waals surface area (Å²) in [6.07, 6.45) is 1.80. The first-order valence-corrected chi connectivity index (χ1v) is 11.2. The molecule has 1 aromatic carbocycles. The Morgan fingerprint density at radius 1 is 1.16 bits per heavy atom. The maximum atomic E-state index is 13.2. The van der Waals surface area contributed by atoms with Crippen molar-refractivity contribution in [1.29, 1.82) is 0 Å². The molecule has 0 saturated heterocycles. The van der Waals surface area contributed by atoms with Gasteiger partial charge in [0.2, 0.25) is 11.8 Å². The highest BCUT2D eigenvalue weighted by Gasteiger charge is 2.33. The van der Waals surface area contributed by atoms with E-state index in [-0.39, 0.29) is 24.2 Å². The summed E-state index contributed by atoms with van der Waals surface area (Å²) in [7, 11) is 0. The largest absolute Gasteiger partial charge is 0.507 e. The highest BCUT2D eigenvalue weighted by atomic mass is 16.6. The van der Waals surface area contributed by atoms with Gasteiger partial charge in [-0.05, 0) is 53.5 Å². The molecule has 180 valence electrons. The van der Waals surface area contributed by atoms with Crippen LogP contribution in [0.5, 0.6) is 5.75 Å². The van der Waals surface area contributed by atoms with E-state index >= 15 is 0 Å². The number of ether oxygens (including phenoxy) is 1. The normalized spacial score (nSPS) is 12.2. The van der Waals surface area contributed by atoms with Crippen LogP contribution in [0.15, 0.2) is 18.2 Å². The Labute approximate surface area is 191 Å². The molecule has 1 aromatic rings. The summed E-state index contributed by atoms with van der Waals surface area (Å²) in [6.45, 7) is 12.6. The zero-order valence-electron chi connectivity index (χ0n) is 20.4. The number of hydrogen-bond acceptors (Lipinski definition) is 5. The highest BCUT2D eigenvalue weighted by molar-refractivity contribution is 5.91. The van der Waals surface area contributed by atoms with Crippen LogP contribution in [-0.4, -0.2) is 52.6 Å². The Morgan fingerprint density at radius 2 is 1.81 bits per heavy atom. The zero-order valence-corrected chi connectivity index (χ0v) is 20.4. The summed E-state index contributed by atoms with van der Waals surface area (Å²) in [6, 6.07) is 3.96. The number of phenolic OH excluding ortho intramolecular Hbond substituents is 1. The first-order chi connectivity index (χ1) is 14.9. The number of aromatic hydroxyl groups is 1. The molecule has 1 rings (SSSR count). The van der Waals surface area contributed by atoms with Crippen LogP contribution in [0.1, 0.15) is 78.0 Å². The number of carbonyl (C=O) groups excluding carboxylic acids is 3. The fourth-order valence-corrected chi connectivity index (χ4v) is 3.21. The second-order valence-electron chi connectivity index (χ2n) is 9.23. The van der Waals surface area contributed by atoms with Gasteiger partial charge in [-0.15, -0.1) is 0 Å². The Kier molecular flexibility index (Phi) is 10.5. The minimum absolute atomic E-state index is 0.0233. The lowest BCUT2D eigenvalue weighted by Gasteiger charge is -2.33. The molecule has 0 aliphatic carbocycles. The second kappa shape index (κ2) is 12.3. The van der Waals surface area contributed by atoms with Crippen molar-refractivity contribution in [2.24, 2.45) is 0 Å². The van der Waals surface area contributed by atoms with Gasteiger partial charge in [0.05, 0.1) is 0 Å². The predicted octanol–water partition coefficient (Wildman–Crippen LogP) is 3.81. The zero-order chi connectivity index (χ0) is 24.5. The summed E-state index contributed by atoms with van der Waals surface area (Å²) in [5, 5.41) is 16.0. The van der Waals surface area contributed by atoms with Gasteiger partial charge >= 0.3 is 6.09 Å². The van der Waals surface area contributed by atoms with E-state index in [1.807, 2.05) is 20.8 Å². The molecule has 0 aromatic heterocycles. The molecule has 1 unspecified atom stereocenters. The number of benzene rings is 1. The van der Waals surface area contributed by atoms with Crippen LogP contribution < -0.4 is 10.6 Å². The van der Waals surface area contributed by atoms with Crippen molar-refractivity contribution >= 4 is 17.9 Å². The number of amides is 3. The summed E-state index contributed by atoms with van der Waals surface area (Å²) in [5.74, 6) is -0.843. The molecule has 32 heavy (non-hydrogen) atoms. The highest BCUT2D eigenvalue weighted by Crippen LogP contribution is 2.32. The molecular formula is C24H39N3O5. The van der Waals surface area contributed by atoms with Crippen LogP contribution in [0, 0.1) is 6.92 Å². The predicted molar refractivity (Wildman–Crippen MR) is 124 cm³/mol. The van der Waals surface area contributed by atoms with Crippen LogP contribution in [0.3, 0.4) is 0 Å². The summed E-state index contributed by atoms with van der Waals surface area (Å²) in [4.78, 5) is 39.9. The maximum Gasteiger partial charge on any atom is 0.408 e. The molecule has 0 radical (unpaired) electrons. The Hall–Kier alpha value is -2.77. The van der Waals surface area contributed by atoms with E-state index in [1.54, 1.807) is 45.9 Å². The van der Waals surface area contributed by atoms with Crippen LogP contribution in [0.4, 0.5) is 4.79 Å². The number of hydrogen-bond donors (Lipinski definition) is 3. The fourth-order valence-electron chi connectivity index (χ4n) is 3.21. The summed E-state index contributed by atoms with van der Waals surface area (Å²) >= 11 is 0. The minimum atomic E-state index is -1.03. The molecule has 8 nitrogen and oxygen atoms in total. The Morgan fingerprint density at radius 3 is 2.38 bits per heavy atom. The number of rotatable bonds is 10. The third-order valence-electron chi connectivity index (χ3n) is 4.66. The van der Waals surface area contributed by atoms with Crippen LogP contribution in [-0.2, 0) is 14.3 Å². The molecule has 0 aliphatic heterocycles. The molecule has 3 amide bonds. The standard InChI is InChI=1S/C24H39N3O5/c1-8-9-10-14-27(19(28)15-25-23(31)32-24(5,6)7)20(22(30)26-16(2)3)18-13-11-12-17(4)21(18)29/h11-13,16,20,29H,8-10,14-15H2,1-7H3,(H,25,31)(H,26,30). The lowest BCUT2D eigenvalue weighted by molar-refractivity contribution is -0.140. The van der Waals surface area contributed by atoms with E-state index < -0.39 is 23.6 Å². The molecule has 0 spiro atoms. The number of unbranched alkanes of at least 4 members (excludes halogenated alkanes) is 2. The third kappa shape index (κ3) is 8.77. The molecule has 8 heteroatoms. The molecule has 3 N–H and O–H groups in total. The lowest BCUT2D eigenvalue weighted by Crippen LogP contribution is -2.49. The van der Waals surface area contributed by atoms with Crippen molar-refractivity contribution in [3.05, 3.63) is 29.3 Å². The van der Waals surface area contributed by atoms with Gasteiger partial charge < -0.3 is 25.4 Å². The van der Waals surface area contributed by atoms with Crippen LogP contribution in [0.25, 0.3) is 0 Å². The number of carbonyl (C=O) groups is 3. The molecule has 0 fully saturated rings.